The van der Waals surface area contributed by atoms with Gasteiger partial charge >= 0.3 is 0 Å². The van der Waals surface area contributed by atoms with Crippen LogP contribution in [0.25, 0.3) is 0 Å². The van der Waals surface area contributed by atoms with Gasteiger partial charge in [-0.1, -0.05) is 0 Å². The van der Waals surface area contributed by atoms with Crippen LogP contribution in [0.1, 0.15) is 13.8 Å². The fourth-order valence-electron chi connectivity index (χ4n) is 0.428. The molecule has 2 heteroatoms. The Morgan fingerprint density at radius 2 is 2.00 bits per heavy atom. The van der Waals surface area contributed by atoms with Gasteiger partial charge in [0.2, 0.25) is 0 Å². The highest BCUT2D eigenvalue weighted by Crippen LogP contribution is 1.87. The summed E-state index contributed by atoms with van der Waals surface area (Å²) < 4.78 is 0. The first-order valence-corrected chi connectivity index (χ1v) is 2.77. The smallest absolute Gasteiger partial charge is 0.145 e. The van der Waals surface area contributed by atoms with Crippen molar-refractivity contribution in [2.24, 2.45) is 4.99 Å². The lowest BCUT2D eigenvalue weighted by Crippen LogP contribution is -1.86. The topological polar surface area (TPSA) is 29.4 Å². The summed E-state index contributed by atoms with van der Waals surface area (Å²) in [5, 5.41) is 0. The van der Waals surface area contributed by atoms with E-state index in [-0.39, 0.29) is 0 Å². The molecule has 0 aromatic heterocycles. The van der Waals surface area contributed by atoms with E-state index in [1.807, 2.05) is 6.92 Å². The van der Waals surface area contributed by atoms with Crippen molar-refractivity contribution in [2.75, 3.05) is 7.05 Å². The SMILES string of the molecule is CN=C(C)/C=C(\C)C=O. The van der Waals surface area contributed by atoms with Crippen LogP contribution >= 0.6 is 0 Å². The number of hydrogen-bond acceptors (Lipinski definition) is 2. The molecule has 0 aromatic rings. The van der Waals surface area contributed by atoms with Gasteiger partial charge in [0.1, 0.15) is 6.29 Å². The molecule has 0 spiro atoms. The Kier molecular flexibility index (Phi) is 3.60. The molecule has 0 aromatic carbocycles. The zero-order chi connectivity index (χ0) is 7.28. The molecule has 2 nitrogen and oxygen atoms in total. The minimum absolute atomic E-state index is 0.707. The number of carbonyl (C=O) groups is 1. The summed E-state index contributed by atoms with van der Waals surface area (Å²) in [6.45, 7) is 3.61. The lowest BCUT2D eigenvalue weighted by molar-refractivity contribution is -0.104. The van der Waals surface area contributed by atoms with E-state index in [1.165, 1.54) is 0 Å². The Balaban J connectivity index is 4.11. The van der Waals surface area contributed by atoms with E-state index >= 15 is 0 Å². The molecule has 0 radical (unpaired) electrons. The second-order valence-corrected chi connectivity index (χ2v) is 1.87. The average molecular weight is 125 g/mol. The summed E-state index contributed by atoms with van der Waals surface area (Å²) in [6.07, 6.45) is 2.56. The summed E-state index contributed by atoms with van der Waals surface area (Å²) in [4.78, 5) is 13.9. The van der Waals surface area contributed by atoms with Crippen LogP contribution in [0.3, 0.4) is 0 Å². The van der Waals surface area contributed by atoms with E-state index in [0.717, 1.165) is 12.0 Å². The molecule has 0 saturated carbocycles. The Morgan fingerprint density at radius 1 is 1.44 bits per heavy atom. The minimum Gasteiger partial charge on any atom is -0.298 e. The molecule has 0 saturated heterocycles. The zero-order valence-electron chi connectivity index (χ0n) is 6.01. The molecule has 0 unspecified atom stereocenters. The molecule has 0 bridgehead atoms. The van der Waals surface area contributed by atoms with Gasteiger partial charge in [0, 0.05) is 12.8 Å². The monoisotopic (exact) mass is 125 g/mol. The molecule has 0 fully saturated rings. The van der Waals surface area contributed by atoms with Gasteiger partial charge < -0.3 is 0 Å². The molecule has 0 rings (SSSR count). The van der Waals surface area contributed by atoms with Gasteiger partial charge in [-0.3, -0.25) is 9.79 Å². The van der Waals surface area contributed by atoms with Crippen molar-refractivity contribution in [1.29, 1.82) is 0 Å². The van der Waals surface area contributed by atoms with Crippen molar-refractivity contribution in [2.45, 2.75) is 13.8 Å². The van der Waals surface area contributed by atoms with Crippen LogP contribution in [0.15, 0.2) is 16.6 Å². The molecule has 0 N–H and O–H groups in total. The first kappa shape index (κ1) is 8.08. The molecule has 50 valence electrons. The van der Waals surface area contributed by atoms with E-state index in [0.29, 0.717) is 5.57 Å². The van der Waals surface area contributed by atoms with Gasteiger partial charge in [0.15, 0.2) is 0 Å². The fraction of sp³-hybridized carbons (Fsp3) is 0.429. The molecule has 0 aliphatic carbocycles. The molecule has 0 heterocycles. The third-order valence-electron chi connectivity index (χ3n) is 0.975. The Hall–Kier alpha value is -0.920. The molecular weight excluding hydrogens is 114 g/mol. The second kappa shape index (κ2) is 4.01. The number of nitrogens with zero attached hydrogens (tertiary/aromatic N) is 1. The summed E-state index contributed by atoms with van der Waals surface area (Å²) in [5.74, 6) is 0. The largest absolute Gasteiger partial charge is 0.298 e. The lowest BCUT2D eigenvalue weighted by atomic mass is 10.2. The van der Waals surface area contributed by atoms with Crippen molar-refractivity contribution in [3.8, 4) is 0 Å². The first-order valence-electron chi connectivity index (χ1n) is 2.77. The predicted octanol–water partition coefficient (Wildman–Crippen LogP) is 1.22. The normalized spacial score (nSPS) is 13.7. The fourth-order valence-corrected chi connectivity index (χ4v) is 0.428. The predicted molar refractivity (Wildman–Crippen MR) is 38.9 cm³/mol. The summed E-state index contributed by atoms with van der Waals surface area (Å²) in [6, 6.07) is 0. The van der Waals surface area contributed by atoms with Crippen molar-refractivity contribution < 1.29 is 4.79 Å². The van der Waals surface area contributed by atoms with Crippen LogP contribution in [0.5, 0.6) is 0 Å². The third kappa shape index (κ3) is 3.64. The van der Waals surface area contributed by atoms with Crippen molar-refractivity contribution in [1.82, 2.24) is 0 Å². The van der Waals surface area contributed by atoms with Crippen LogP contribution in [0, 0.1) is 0 Å². The number of hydrogen-bond donors (Lipinski definition) is 0. The standard InChI is InChI=1S/C7H11NO/c1-6(5-9)4-7(2)8-3/h4-5H,1-3H3/b6-4+,8-7?. The highest BCUT2D eigenvalue weighted by molar-refractivity contribution is 5.97. The van der Waals surface area contributed by atoms with Gasteiger partial charge in [-0.25, -0.2) is 0 Å². The first-order chi connectivity index (χ1) is 4.20. The Labute approximate surface area is 55.3 Å². The van der Waals surface area contributed by atoms with Crippen LogP contribution in [-0.4, -0.2) is 19.0 Å². The van der Waals surface area contributed by atoms with Crippen LogP contribution in [0.2, 0.25) is 0 Å². The average Bonchev–Trinajstić information content (AvgIpc) is 1.87. The Bertz CT molecular complexity index is 156. The van der Waals surface area contributed by atoms with E-state index in [2.05, 4.69) is 4.99 Å². The quantitative estimate of drug-likeness (QED) is 0.310. The molecular formula is C7H11NO. The second-order valence-electron chi connectivity index (χ2n) is 1.87. The molecule has 0 atom stereocenters. The lowest BCUT2D eigenvalue weighted by Gasteiger charge is -1.87. The molecule has 9 heavy (non-hydrogen) atoms. The van der Waals surface area contributed by atoms with Crippen LogP contribution in [0.4, 0.5) is 0 Å². The highest BCUT2D eigenvalue weighted by atomic mass is 16.1. The van der Waals surface area contributed by atoms with Gasteiger partial charge in [-0.05, 0) is 25.5 Å². The maximum absolute atomic E-state index is 10.0. The number of allylic oxidation sites excluding steroid dienone is 2. The number of carbonyl (C=O) groups excluding carboxylic acids is 1. The molecule has 0 aliphatic rings. The van der Waals surface area contributed by atoms with Gasteiger partial charge in [0.05, 0.1) is 0 Å². The minimum atomic E-state index is 0.707. The van der Waals surface area contributed by atoms with Crippen LogP contribution in [-0.2, 0) is 4.79 Å². The van der Waals surface area contributed by atoms with Gasteiger partial charge in [0.25, 0.3) is 0 Å². The number of aliphatic imine (C=N–C) groups is 1. The van der Waals surface area contributed by atoms with E-state index < -0.39 is 0 Å². The molecule has 0 amide bonds. The van der Waals surface area contributed by atoms with Crippen molar-refractivity contribution in [3.05, 3.63) is 11.6 Å². The van der Waals surface area contributed by atoms with Crippen molar-refractivity contribution >= 4 is 12.0 Å². The molecule has 0 aliphatic heterocycles. The van der Waals surface area contributed by atoms with E-state index in [9.17, 15) is 4.79 Å². The Morgan fingerprint density at radius 3 is 2.33 bits per heavy atom. The maximum Gasteiger partial charge on any atom is 0.145 e. The summed E-state index contributed by atoms with van der Waals surface area (Å²) in [7, 11) is 1.70. The van der Waals surface area contributed by atoms with Gasteiger partial charge in [-0.2, -0.15) is 0 Å². The summed E-state index contributed by atoms with van der Waals surface area (Å²) >= 11 is 0. The van der Waals surface area contributed by atoms with Crippen LogP contribution < -0.4 is 0 Å². The number of rotatable bonds is 2. The van der Waals surface area contributed by atoms with Gasteiger partial charge in [-0.15, -0.1) is 0 Å². The zero-order valence-corrected chi connectivity index (χ0v) is 6.01. The van der Waals surface area contributed by atoms with Crippen molar-refractivity contribution in [3.63, 3.8) is 0 Å². The third-order valence-corrected chi connectivity index (χ3v) is 0.975. The summed E-state index contributed by atoms with van der Waals surface area (Å²) in [5.41, 5.74) is 1.58. The number of aldehydes is 1. The maximum atomic E-state index is 10.0. The van der Waals surface area contributed by atoms with E-state index in [4.69, 9.17) is 0 Å². The highest BCUT2D eigenvalue weighted by Gasteiger charge is 1.84. The van der Waals surface area contributed by atoms with E-state index in [1.54, 1.807) is 20.0 Å².